The molecular formula is C15H26N4O. The Balaban J connectivity index is 2.20. The van der Waals surface area contributed by atoms with E-state index in [4.69, 9.17) is 10.5 Å². The van der Waals surface area contributed by atoms with Gasteiger partial charge in [-0.15, -0.1) is 0 Å². The quantitative estimate of drug-likeness (QED) is 0.894. The van der Waals surface area contributed by atoms with Crippen LogP contribution in [0.15, 0.2) is 6.07 Å². The van der Waals surface area contributed by atoms with Crippen molar-refractivity contribution >= 4 is 5.95 Å². The van der Waals surface area contributed by atoms with Crippen LogP contribution in [0.5, 0.6) is 5.88 Å². The Morgan fingerprint density at radius 3 is 2.80 bits per heavy atom. The molecule has 1 aliphatic rings. The molecule has 1 heterocycles. The van der Waals surface area contributed by atoms with Crippen molar-refractivity contribution in [3.05, 3.63) is 11.8 Å². The molecule has 1 aromatic rings. The predicted molar refractivity (Wildman–Crippen MR) is 81.1 cm³/mol. The summed E-state index contributed by atoms with van der Waals surface area (Å²) in [7, 11) is 2.06. The van der Waals surface area contributed by atoms with Crippen LogP contribution in [0, 0.1) is 12.8 Å². The lowest BCUT2D eigenvalue weighted by Crippen LogP contribution is -2.38. The minimum absolute atomic E-state index is 0.116. The summed E-state index contributed by atoms with van der Waals surface area (Å²) in [6, 6.07) is 2.32. The van der Waals surface area contributed by atoms with Crippen LogP contribution >= 0.6 is 0 Å². The summed E-state index contributed by atoms with van der Waals surface area (Å²) >= 11 is 0. The van der Waals surface area contributed by atoms with Crippen molar-refractivity contribution in [1.29, 1.82) is 0 Å². The number of ether oxygens (including phenoxy) is 1. The second-order valence-electron chi connectivity index (χ2n) is 5.92. The summed E-state index contributed by atoms with van der Waals surface area (Å²) in [6.45, 7) is 6.71. The maximum atomic E-state index is 5.87. The van der Waals surface area contributed by atoms with Crippen molar-refractivity contribution in [2.24, 2.45) is 11.7 Å². The highest BCUT2D eigenvalue weighted by Gasteiger charge is 2.30. The van der Waals surface area contributed by atoms with E-state index in [9.17, 15) is 0 Å². The molecule has 0 aliphatic heterocycles. The predicted octanol–water partition coefficient (Wildman–Crippen LogP) is 2.14. The maximum Gasteiger partial charge on any atom is 0.228 e. The maximum absolute atomic E-state index is 5.87. The highest BCUT2D eigenvalue weighted by atomic mass is 16.5. The minimum atomic E-state index is 0.116. The third-order valence-electron chi connectivity index (χ3n) is 3.91. The molecule has 0 spiro atoms. The molecule has 2 N–H and O–H groups in total. The van der Waals surface area contributed by atoms with Gasteiger partial charge >= 0.3 is 0 Å². The molecule has 0 amide bonds. The van der Waals surface area contributed by atoms with Gasteiger partial charge in [0, 0.05) is 24.8 Å². The van der Waals surface area contributed by atoms with Gasteiger partial charge in [-0.2, -0.15) is 4.98 Å². The SMILES string of the molecule is Cc1cc(OC(C)C)nc(N(C)C2CCCC2CN)n1. The summed E-state index contributed by atoms with van der Waals surface area (Å²) in [5.74, 6) is 1.93. The molecule has 1 aliphatic carbocycles. The minimum Gasteiger partial charge on any atom is -0.475 e. The van der Waals surface area contributed by atoms with Crippen LogP contribution in [0.1, 0.15) is 38.8 Å². The topological polar surface area (TPSA) is 64.3 Å². The molecular weight excluding hydrogens is 252 g/mol. The highest BCUT2D eigenvalue weighted by Crippen LogP contribution is 2.30. The van der Waals surface area contributed by atoms with Gasteiger partial charge in [0.1, 0.15) is 0 Å². The number of anilines is 1. The molecule has 5 nitrogen and oxygen atoms in total. The number of hydrogen-bond donors (Lipinski definition) is 1. The van der Waals surface area contributed by atoms with Gasteiger partial charge in [-0.3, -0.25) is 0 Å². The lowest BCUT2D eigenvalue weighted by Gasteiger charge is -2.29. The lowest BCUT2D eigenvalue weighted by atomic mass is 10.0. The first-order chi connectivity index (χ1) is 9.51. The lowest BCUT2D eigenvalue weighted by molar-refractivity contribution is 0.232. The van der Waals surface area contributed by atoms with Crippen LogP contribution in [-0.4, -0.2) is 35.7 Å². The van der Waals surface area contributed by atoms with E-state index in [1.165, 1.54) is 12.8 Å². The van der Waals surface area contributed by atoms with Gasteiger partial charge in [-0.25, -0.2) is 4.98 Å². The Morgan fingerprint density at radius 1 is 1.40 bits per heavy atom. The van der Waals surface area contributed by atoms with Gasteiger partial charge in [0.05, 0.1) is 6.10 Å². The normalized spacial score (nSPS) is 22.3. The van der Waals surface area contributed by atoms with E-state index < -0.39 is 0 Å². The van der Waals surface area contributed by atoms with Gasteiger partial charge in [-0.1, -0.05) is 6.42 Å². The second-order valence-corrected chi connectivity index (χ2v) is 5.92. The van der Waals surface area contributed by atoms with Crippen LogP contribution in [0.2, 0.25) is 0 Å². The molecule has 2 atom stereocenters. The Labute approximate surface area is 121 Å². The number of aromatic nitrogens is 2. The fraction of sp³-hybridized carbons (Fsp3) is 0.733. The molecule has 2 unspecified atom stereocenters. The number of aryl methyl sites for hydroxylation is 1. The van der Waals surface area contributed by atoms with Crippen LogP contribution in [-0.2, 0) is 0 Å². The third-order valence-corrected chi connectivity index (χ3v) is 3.91. The number of nitrogens with two attached hydrogens (primary N) is 1. The van der Waals surface area contributed by atoms with Crippen molar-refractivity contribution in [3.63, 3.8) is 0 Å². The molecule has 1 aromatic heterocycles. The molecule has 0 bridgehead atoms. The third kappa shape index (κ3) is 3.39. The van der Waals surface area contributed by atoms with Crippen molar-refractivity contribution in [2.45, 2.75) is 52.2 Å². The molecule has 0 aromatic carbocycles. The van der Waals surface area contributed by atoms with Gasteiger partial charge < -0.3 is 15.4 Å². The first kappa shape index (κ1) is 15.0. The zero-order chi connectivity index (χ0) is 14.7. The Bertz CT molecular complexity index is 449. The molecule has 112 valence electrons. The number of hydrogen-bond acceptors (Lipinski definition) is 5. The van der Waals surface area contributed by atoms with E-state index in [2.05, 4.69) is 21.9 Å². The average Bonchev–Trinajstić information content (AvgIpc) is 2.84. The van der Waals surface area contributed by atoms with E-state index in [-0.39, 0.29) is 6.10 Å². The molecule has 5 heteroatoms. The monoisotopic (exact) mass is 278 g/mol. The molecule has 20 heavy (non-hydrogen) atoms. The Kier molecular flexibility index (Phi) is 4.81. The van der Waals surface area contributed by atoms with Crippen molar-refractivity contribution in [3.8, 4) is 5.88 Å². The standard InChI is InChI=1S/C15H26N4O/c1-10(2)20-14-8-11(3)17-15(18-14)19(4)13-7-5-6-12(13)9-16/h8,10,12-13H,5-7,9,16H2,1-4H3. The average molecular weight is 278 g/mol. The van der Waals surface area contributed by atoms with E-state index in [1.54, 1.807) is 0 Å². The summed E-state index contributed by atoms with van der Waals surface area (Å²) in [5.41, 5.74) is 6.80. The molecule has 0 saturated heterocycles. The number of nitrogens with zero attached hydrogens (tertiary/aromatic N) is 3. The van der Waals surface area contributed by atoms with E-state index in [1.807, 2.05) is 26.8 Å². The molecule has 2 rings (SSSR count). The molecule has 1 saturated carbocycles. The van der Waals surface area contributed by atoms with E-state index >= 15 is 0 Å². The zero-order valence-corrected chi connectivity index (χ0v) is 13.0. The number of rotatable bonds is 5. The smallest absolute Gasteiger partial charge is 0.228 e. The Morgan fingerprint density at radius 2 is 2.15 bits per heavy atom. The second kappa shape index (κ2) is 6.39. The Hall–Kier alpha value is -1.36. The molecule has 0 radical (unpaired) electrons. The van der Waals surface area contributed by atoms with Crippen LogP contribution in [0.3, 0.4) is 0 Å². The zero-order valence-electron chi connectivity index (χ0n) is 13.0. The first-order valence-corrected chi connectivity index (χ1v) is 7.46. The molecule has 1 fully saturated rings. The van der Waals surface area contributed by atoms with Crippen molar-refractivity contribution in [2.75, 3.05) is 18.5 Å². The highest BCUT2D eigenvalue weighted by molar-refractivity contribution is 5.35. The fourth-order valence-corrected chi connectivity index (χ4v) is 2.93. The summed E-state index contributed by atoms with van der Waals surface area (Å²) in [6.07, 6.45) is 3.71. The van der Waals surface area contributed by atoms with Gasteiger partial charge in [0.2, 0.25) is 11.8 Å². The van der Waals surface area contributed by atoms with Crippen molar-refractivity contribution < 1.29 is 4.74 Å². The van der Waals surface area contributed by atoms with E-state index in [0.717, 1.165) is 24.6 Å². The van der Waals surface area contributed by atoms with E-state index in [0.29, 0.717) is 17.8 Å². The van der Waals surface area contributed by atoms with Gasteiger partial charge in [-0.05, 0) is 46.1 Å². The first-order valence-electron chi connectivity index (χ1n) is 7.46. The van der Waals surface area contributed by atoms with Gasteiger partial charge in [0.25, 0.3) is 0 Å². The summed E-state index contributed by atoms with van der Waals surface area (Å²) < 4.78 is 5.70. The van der Waals surface area contributed by atoms with Crippen LogP contribution in [0.4, 0.5) is 5.95 Å². The summed E-state index contributed by atoms with van der Waals surface area (Å²) in [4.78, 5) is 11.3. The largest absolute Gasteiger partial charge is 0.475 e. The van der Waals surface area contributed by atoms with Gasteiger partial charge in [0.15, 0.2) is 0 Å². The van der Waals surface area contributed by atoms with Crippen LogP contribution in [0.25, 0.3) is 0 Å². The summed E-state index contributed by atoms with van der Waals surface area (Å²) in [5, 5.41) is 0. The van der Waals surface area contributed by atoms with Crippen LogP contribution < -0.4 is 15.4 Å². The fourth-order valence-electron chi connectivity index (χ4n) is 2.93. The van der Waals surface area contributed by atoms with Crippen molar-refractivity contribution in [1.82, 2.24) is 9.97 Å².